The highest BCUT2D eigenvalue weighted by molar-refractivity contribution is 7.89. The Hall–Kier alpha value is -1.84. The van der Waals surface area contributed by atoms with Crippen molar-refractivity contribution in [2.24, 2.45) is 0 Å². The molecular formula is C20H28N2O3S. The van der Waals surface area contributed by atoms with E-state index < -0.39 is 15.6 Å². The van der Waals surface area contributed by atoms with E-state index >= 15 is 0 Å². The summed E-state index contributed by atoms with van der Waals surface area (Å²) in [6.07, 6.45) is 9.62. The van der Waals surface area contributed by atoms with Crippen molar-refractivity contribution >= 4 is 15.9 Å². The van der Waals surface area contributed by atoms with Gasteiger partial charge in [0.25, 0.3) is 5.91 Å². The zero-order chi connectivity index (χ0) is 19.4. The molecule has 0 aliphatic carbocycles. The Kier molecular flexibility index (Phi) is 6.48. The number of piperidine rings is 1. The van der Waals surface area contributed by atoms with Gasteiger partial charge >= 0.3 is 0 Å². The third-order valence-corrected chi connectivity index (χ3v) is 7.26. The van der Waals surface area contributed by atoms with E-state index in [4.69, 9.17) is 6.42 Å². The molecule has 1 amide bonds. The average molecular weight is 377 g/mol. The Morgan fingerprint density at radius 2 is 1.85 bits per heavy atom. The highest BCUT2D eigenvalue weighted by Gasteiger charge is 2.30. The fraction of sp³-hybridized carbons (Fsp3) is 0.550. The molecule has 1 N–H and O–H groups in total. The quantitative estimate of drug-likeness (QED) is 0.776. The number of carbonyl (C=O) groups is 1. The highest BCUT2D eigenvalue weighted by Crippen LogP contribution is 2.25. The minimum Gasteiger partial charge on any atom is -0.336 e. The Bertz CT molecular complexity index is 799. The minimum atomic E-state index is -3.60. The molecule has 6 heteroatoms. The molecule has 1 saturated heterocycles. The second-order valence-electron chi connectivity index (χ2n) is 6.83. The van der Waals surface area contributed by atoms with Gasteiger partial charge < -0.3 is 5.32 Å². The number of amides is 1. The molecule has 0 spiro atoms. The SMILES string of the molecule is C#CC(CC)(CC)NC(=O)c1ccc(C)c(S(=O)(=O)N2CCCCC2)c1. The van der Waals surface area contributed by atoms with Gasteiger partial charge in [-0.2, -0.15) is 4.31 Å². The number of nitrogens with zero attached hydrogens (tertiary/aromatic N) is 1. The zero-order valence-electron chi connectivity index (χ0n) is 15.8. The molecule has 0 aromatic heterocycles. The van der Waals surface area contributed by atoms with Gasteiger partial charge in [0.1, 0.15) is 5.54 Å². The Labute approximate surface area is 157 Å². The van der Waals surface area contributed by atoms with Crippen LogP contribution >= 0.6 is 0 Å². The molecule has 1 heterocycles. The van der Waals surface area contributed by atoms with Gasteiger partial charge in [0.05, 0.1) is 4.90 Å². The van der Waals surface area contributed by atoms with Gasteiger partial charge in [-0.3, -0.25) is 4.79 Å². The van der Waals surface area contributed by atoms with Gasteiger partial charge in [0.15, 0.2) is 0 Å². The summed E-state index contributed by atoms with van der Waals surface area (Å²) in [5, 5.41) is 2.89. The van der Waals surface area contributed by atoms with Crippen LogP contribution in [0.15, 0.2) is 23.1 Å². The van der Waals surface area contributed by atoms with Crippen molar-refractivity contribution in [2.75, 3.05) is 13.1 Å². The third kappa shape index (κ3) is 4.11. The third-order valence-electron chi connectivity index (χ3n) is 5.22. The second kappa shape index (κ2) is 8.24. The number of sulfonamides is 1. The summed E-state index contributed by atoms with van der Waals surface area (Å²) in [5.74, 6) is 2.32. The Morgan fingerprint density at radius 3 is 2.38 bits per heavy atom. The molecule has 1 aromatic rings. The highest BCUT2D eigenvalue weighted by atomic mass is 32.2. The molecule has 0 bridgehead atoms. The van der Waals surface area contributed by atoms with Crippen molar-refractivity contribution in [3.63, 3.8) is 0 Å². The Balaban J connectivity index is 2.35. The maximum atomic E-state index is 13.0. The number of carbonyl (C=O) groups excluding carboxylic acids is 1. The van der Waals surface area contributed by atoms with Crippen LogP contribution in [0, 0.1) is 19.3 Å². The van der Waals surface area contributed by atoms with Gasteiger partial charge in [-0.1, -0.05) is 32.3 Å². The number of aryl methyl sites for hydroxylation is 1. The van der Waals surface area contributed by atoms with Gasteiger partial charge in [-0.25, -0.2) is 8.42 Å². The maximum Gasteiger partial charge on any atom is 0.252 e. The van der Waals surface area contributed by atoms with E-state index in [0.717, 1.165) is 19.3 Å². The largest absolute Gasteiger partial charge is 0.336 e. The van der Waals surface area contributed by atoms with E-state index in [1.165, 1.54) is 10.4 Å². The van der Waals surface area contributed by atoms with E-state index in [-0.39, 0.29) is 10.8 Å². The first kappa shape index (κ1) is 20.5. The molecule has 0 saturated carbocycles. The summed E-state index contributed by atoms with van der Waals surface area (Å²) in [6, 6.07) is 4.80. The zero-order valence-corrected chi connectivity index (χ0v) is 16.7. The monoisotopic (exact) mass is 376 g/mol. The van der Waals surface area contributed by atoms with Crippen LogP contribution < -0.4 is 5.32 Å². The molecule has 0 unspecified atom stereocenters. The molecule has 1 aromatic carbocycles. The summed E-state index contributed by atoms with van der Waals surface area (Å²) < 4.78 is 27.5. The van der Waals surface area contributed by atoms with Crippen LogP contribution in [0.4, 0.5) is 0 Å². The molecule has 1 fully saturated rings. The van der Waals surface area contributed by atoms with Crippen LogP contribution in [0.5, 0.6) is 0 Å². The van der Waals surface area contributed by atoms with Crippen LogP contribution in [0.2, 0.25) is 0 Å². The fourth-order valence-electron chi connectivity index (χ4n) is 3.22. The topological polar surface area (TPSA) is 66.5 Å². The predicted molar refractivity (Wildman–Crippen MR) is 103 cm³/mol. The number of benzene rings is 1. The molecular weight excluding hydrogens is 348 g/mol. The van der Waals surface area contributed by atoms with Crippen LogP contribution in [-0.4, -0.2) is 37.3 Å². The molecule has 5 nitrogen and oxygen atoms in total. The smallest absolute Gasteiger partial charge is 0.252 e. The molecule has 0 radical (unpaired) electrons. The van der Waals surface area contributed by atoms with E-state index in [1.54, 1.807) is 19.1 Å². The van der Waals surface area contributed by atoms with E-state index in [1.807, 2.05) is 13.8 Å². The first-order valence-corrected chi connectivity index (χ1v) is 10.6. The molecule has 0 atom stereocenters. The van der Waals surface area contributed by atoms with E-state index in [2.05, 4.69) is 11.2 Å². The first-order chi connectivity index (χ1) is 12.3. The summed E-state index contributed by atoms with van der Waals surface area (Å²) in [4.78, 5) is 12.9. The molecule has 1 aliphatic heterocycles. The van der Waals surface area contributed by atoms with Crippen LogP contribution in [-0.2, 0) is 10.0 Å². The van der Waals surface area contributed by atoms with Gasteiger partial charge in [0.2, 0.25) is 10.0 Å². The van der Waals surface area contributed by atoms with Crippen LogP contribution in [0.1, 0.15) is 61.9 Å². The summed E-state index contributed by atoms with van der Waals surface area (Å²) >= 11 is 0. The predicted octanol–water partition coefficient (Wildman–Crippen LogP) is 3.09. The van der Waals surface area contributed by atoms with E-state index in [0.29, 0.717) is 37.1 Å². The fourth-order valence-corrected chi connectivity index (χ4v) is 4.99. The van der Waals surface area contributed by atoms with Gasteiger partial charge in [0, 0.05) is 18.7 Å². The van der Waals surface area contributed by atoms with Crippen LogP contribution in [0.25, 0.3) is 0 Å². The van der Waals surface area contributed by atoms with Crippen molar-refractivity contribution in [3.8, 4) is 12.3 Å². The average Bonchev–Trinajstić information content (AvgIpc) is 2.67. The second-order valence-corrected chi connectivity index (χ2v) is 8.74. The van der Waals surface area contributed by atoms with Crippen molar-refractivity contribution in [1.82, 2.24) is 9.62 Å². The molecule has 2 rings (SSSR count). The molecule has 1 aliphatic rings. The van der Waals surface area contributed by atoms with Gasteiger partial charge in [-0.15, -0.1) is 6.42 Å². The van der Waals surface area contributed by atoms with E-state index in [9.17, 15) is 13.2 Å². The lowest BCUT2D eigenvalue weighted by molar-refractivity contribution is 0.0916. The summed E-state index contributed by atoms with van der Waals surface area (Å²) in [7, 11) is -3.60. The number of hydrogen-bond acceptors (Lipinski definition) is 3. The number of rotatable bonds is 6. The lowest BCUT2D eigenvalue weighted by Crippen LogP contribution is -2.46. The summed E-state index contributed by atoms with van der Waals surface area (Å²) in [6.45, 7) is 6.66. The van der Waals surface area contributed by atoms with Crippen molar-refractivity contribution in [1.29, 1.82) is 0 Å². The van der Waals surface area contributed by atoms with Crippen molar-refractivity contribution in [2.45, 2.75) is 63.3 Å². The number of nitrogens with one attached hydrogen (secondary N) is 1. The van der Waals surface area contributed by atoms with Crippen molar-refractivity contribution < 1.29 is 13.2 Å². The Morgan fingerprint density at radius 1 is 1.23 bits per heavy atom. The number of terminal acetylenes is 1. The lowest BCUT2D eigenvalue weighted by Gasteiger charge is -2.28. The summed E-state index contributed by atoms with van der Waals surface area (Å²) in [5.41, 5.74) is 0.238. The molecule has 142 valence electrons. The van der Waals surface area contributed by atoms with Crippen molar-refractivity contribution in [3.05, 3.63) is 29.3 Å². The normalized spacial score (nSPS) is 16.1. The van der Waals surface area contributed by atoms with Gasteiger partial charge in [-0.05, 0) is 50.3 Å². The lowest BCUT2D eigenvalue weighted by atomic mass is 9.93. The number of hydrogen-bond donors (Lipinski definition) is 1. The molecule has 26 heavy (non-hydrogen) atoms. The standard InChI is InChI=1S/C20H28N2O3S/c1-5-20(6-2,7-3)21-19(23)17-12-11-16(4)18(15-17)26(24,25)22-13-9-8-10-14-22/h1,11-12,15H,6-10,13-14H2,2-4H3,(H,21,23). The van der Waals surface area contributed by atoms with Crippen LogP contribution in [0.3, 0.4) is 0 Å². The maximum absolute atomic E-state index is 13.0. The minimum absolute atomic E-state index is 0.200. The first-order valence-electron chi connectivity index (χ1n) is 9.20.